The summed E-state index contributed by atoms with van der Waals surface area (Å²) in [7, 11) is 0. The van der Waals surface area contributed by atoms with Crippen LogP contribution in [0.4, 0.5) is 0 Å². The number of ether oxygens (including phenoxy) is 2. The number of hydrogen-bond donors (Lipinski definition) is 0. The standard InChI is InChI=1S/C19H26O4/c1-4-5-6-7-8-13-22-18(20)11-12-19(21)23-17-14-15(2)9-10-16(17)3/h9-12,14H,4-8,13H2,1-3H3/b12-11+. The average molecular weight is 318 g/mol. The first-order chi connectivity index (χ1) is 11.0. The third kappa shape index (κ3) is 8.19. The molecule has 0 N–H and O–H groups in total. The fraction of sp³-hybridized carbons (Fsp3) is 0.474. The highest BCUT2D eigenvalue weighted by Gasteiger charge is 2.05. The number of esters is 2. The van der Waals surface area contributed by atoms with Gasteiger partial charge >= 0.3 is 11.9 Å². The van der Waals surface area contributed by atoms with E-state index < -0.39 is 11.9 Å². The smallest absolute Gasteiger partial charge is 0.336 e. The summed E-state index contributed by atoms with van der Waals surface area (Å²) in [5, 5.41) is 0. The summed E-state index contributed by atoms with van der Waals surface area (Å²) in [5.41, 5.74) is 1.87. The van der Waals surface area contributed by atoms with Crippen LogP contribution in [0.25, 0.3) is 0 Å². The maximum Gasteiger partial charge on any atom is 0.336 e. The minimum absolute atomic E-state index is 0.388. The van der Waals surface area contributed by atoms with Crippen LogP contribution in [-0.4, -0.2) is 18.5 Å². The molecule has 0 aliphatic carbocycles. The summed E-state index contributed by atoms with van der Waals surface area (Å²) in [5.74, 6) is -0.596. The van der Waals surface area contributed by atoms with Crippen molar-refractivity contribution >= 4 is 11.9 Å². The molecule has 0 atom stereocenters. The van der Waals surface area contributed by atoms with Gasteiger partial charge in [0.15, 0.2) is 0 Å². The van der Waals surface area contributed by atoms with E-state index in [1.165, 1.54) is 12.8 Å². The van der Waals surface area contributed by atoms with Crippen LogP contribution in [0.15, 0.2) is 30.4 Å². The zero-order valence-electron chi connectivity index (χ0n) is 14.3. The molecular weight excluding hydrogens is 292 g/mol. The van der Waals surface area contributed by atoms with E-state index in [0.29, 0.717) is 12.4 Å². The second-order valence-electron chi connectivity index (χ2n) is 5.61. The SMILES string of the molecule is CCCCCCCOC(=O)/C=C/C(=O)Oc1cc(C)ccc1C. The van der Waals surface area contributed by atoms with Gasteiger partial charge in [0.2, 0.25) is 0 Å². The van der Waals surface area contributed by atoms with Crippen LogP contribution in [-0.2, 0) is 14.3 Å². The highest BCUT2D eigenvalue weighted by Crippen LogP contribution is 2.19. The minimum atomic E-state index is -0.585. The van der Waals surface area contributed by atoms with Crippen molar-refractivity contribution in [3.8, 4) is 5.75 Å². The molecule has 0 heterocycles. The summed E-state index contributed by atoms with van der Waals surface area (Å²) in [4.78, 5) is 23.2. The second-order valence-corrected chi connectivity index (χ2v) is 5.61. The molecule has 1 aromatic carbocycles. The van der Waals surface area contributed by atoms with E-state index in [9.17, 15) is 9.59 Å². The molecule has 0 aromatic heterocycles. The summed E-state index contributed by atoms with van der Waals surface area (Å²) in [6.45, 7) is 6.32. The molecular formula is C19H26O4. The first kappa shape index (κ1) is 18.9. The molecule has 0 fully saturated rings. The van der Waals surface area contributed by atoms with Crippen molar-refractivity contribution in [3.05, 3.63) is 41.5 Å². The zero-order valence-corrected chi connectivity index (χ0v) is 14.3. The summed E-state index contributed by atoms with van der Waals surface area (Å²) >= 11 is 0. The largest absolute Gasteiger partial charge is 0.463 e. The Balaban J connectivity index is 2.31. The van der Waals surface area contributed by atoms with E-state index in [0.717, 1.165) is 42.5 Å². The number of benzene rings is 1. The minimum Gasteiger partial charge on any atom is -0.463 e. The van der Waals surface area contributed by atoms with Crippen molar-refractivity contribution in [2.75, 3.05) is 6.61 Å². The molecule has 0 bridgehead atoms. The van der Waals surface area contributed by atoms with E-state index in [4.69, 9.17) is 9.47 Å². The Morgan fingerprint density at radius 1 is 1.00 bits per heavy atom. The van der Waals surface area contributed by atoms with Gasteiger partial charge in [0.1, 0.15) is 5.75 Å². The van der Waals surface area contributed by atoms with Crippen molar-refractivity contribution < 1.29 is 19.1 Å². The molecule has 126 valence electrons. The van der Waals surface area contributed by atoms with Crippen LogP contribution in [0.3, 0.4) is 0 Å². The van der Waals surface area contributed by atoms with Crippen LogP contribution >= 0.6 is 0 Å². The summed E-state index contributed by atoms with van der Waals surface area (Å²) < 4.78 is 10.2. The van der Waals surface area contributed by atoms with E-state index in [1.807, 2.05) is 26.0 Å². The predicted molar refractivity (Wildman–Crippen MR) is 90.4 cm³/mol. The average Bonchev–Trinajstić information content (AvgIpc) is 2.52. The lowest BCUT2D eigenvalue weighted by Gasteiger charge is -2.06. The Kier molecular flexibility index (Phi) is 8.73. The molecule has 4 nitrogen and oxygen atoms in total. The third-order valence-corrected chi connectivity index (χ3v) is 3.40. The van der Waals surface area contributed by atoms with Gasteiger partial charge in [0, 0.05) is 12.2 Å². The molecule has 0 spiro atoms. The number of aryl methyl sites for hydroxylation is 2. The van der Waals surface area contributed by atoms with E-state index in [-0.39, 0.29) is 0 Å². The molecule has 0 amide bonds. The van der Waals surface area contributed by atoms with Crippen LogP contribution in [0, 0.1) is 13.8 Å². The molecule has 4 heteroatoms. The topological polar surface area (TPSA) is 52.6 Å². The Bertz CT molecular complexity index is 546. The number of carbonyl (C=O) groups excluding carboxylic acids is 2. The van der Waals surface area contributed by atoms with Gasteiger partial charge in [0.05, 0.1) is 6.61 Å². The molecule has 0 saturated heterocycles. The normalized spacial score (nSPS) is 10.7. The first-order valence-corrected chi connectivity index (χ1v) is 8.17. The van der Waals surface area contributed by atoms with Crippen LogP contribution in [0.5, 0.6) is 5.75 Å². The maximum atomic E-state index is 11.7. The highest BCUT2D eigenvalue weighted by molar-refractivity contribution is 5.92. The van der Waals surface area contributed by atoms with Gasteiger partial charge in [-0.15, -0.1) is 0 Å². The maximum absolute atomic E-state index is 11.7. The Morgan fingerprint density at radius 2 is 1.70 bits per heavy atom. The van der Waals surface area contributed by atoms with Crippen molar-refractivity contribution in [1.29, 1.82) is 0 Å². The highest BCUT2D eigenvalue weighted by atomic mass is 16.5. The number of carbonyl (C=O) groups is 2. The second kappa shape index (κ2) is 10.6. The fourth-order valence-corrected chi connectivity index (χ4v) is 2.02. The van der Waals surface area contributed by atoms with Gasteiger partial charge in [-0.25, -0.2) is 9.59 Å². The fourth-order valence-electron chi connectivity index (χ4n) is 2.02. The molecule has 0 aliphatic heterocycles. The summed E-state index contributed by atoms with van der Waals surface area (Å²) in [6, 6.07) is 5.62. The lowest BCUT2D eigenvalue weighted by Crippen LogP contribution is -2.08. The van der Waals surface area contributed by atoms with Gasteiger partial charge < -0.3 is 9.47 Å². The van der Waals surface area contributed by atoms with Gasteiger partial charge in [0.25, 0.3) is 0 Å². The number of hydrogen-bond acceptors (Lipinski definition) is 4. The van der Waals surface area contributed by atoms with Crippen molar-refractivity contribution in [1.82, 2.24) is 0 Å². The zero-order chi connectivity index (χ0) is 17.1. The molecule has 1 rings (SSSR count). The lowest BCUT2D eigenvalue weighted by molar-refractivity contribution is -0.138. The van der Waals surface area contributed by atoms with Crippen molar-refractivity contribution in [2.24, 2.45) is 0 Å². The quantitative estimate of drug-likeness (QED) is 0.295. The van der Waals surface area contributed by atoms with Crippen LogP contribution in [0.1, 0.15) is 50.2 Å². The van der Waals surface area contributed by atoms with E-state index in [2.05, 4.69) is 6.92 Å². The van der Waals surface area contributed by atoms with Gasteiger partial charge in [-0.05, 0) is 37.5 Å². The van der Waals surface area contributed by atoms with Crippen molar-refractivity contribution in [3.63, 3.8) is 0 Å². The van der Waals surface area contributed by atoms with E-state index >= 15 is 0 Å². The van der Waals surface area contributed by atoms with Crippen LogP contribution < -0.4 is 4.74 Å². The molecule has 0 aliphatic rings. The van der Waals surface area contributed by atoms with Gasteiger partial charge in [-0.3, -0.25) is 0 Å². The molecule has 0 radical (unpaired) electrons. The van der Waals surface area contributed by atoms with Crippen LogP contribution in [0.2, 0.25) is 0 Å². The lowest BCUT2D eigenvalue weighted by atomic mass is 10.1. The Morgan fingerprint density at radius 3 is 2.43 bits per heavy atom. The molecule has 0 unspecified atom stereocenters. The first-order valence-electron chi connectivity index (χ1n) is 8.17. The molecule has 1 aromatic rings. The third-order valence-electron chi connectivity index (χ3n) is 3.40. The number of rotatable bonds is 9. The summed E-state index contributed by atoms with van der Waals surface area (Å²) in [6.07, 6.45) is 7.67. The monoisotopic (exact) mass is 318 g/mol. The Labute approximate surface area is 138 Å². The predicted octanol–water partition coefficient (Wildman–Crippen LogP) is 4.28. The molecule has 0 saturated carbocycles. The molecule has 23 heavy (non-hydrogen) atoms. The van der Waals surface area contributed by atoms with Gasteiger partial charge in [-0.1, -0.05) is 44.7 Å². The van der Waals surface area contributed by atoms with Gasteiger partial charge in [-0.2, -0.15) is 0 Å². The number of unbranched alkanes of at least 4 members (excludes halogenated alkanes) is 4. The Hall–Kier alpha value is -2.10. The van der Waals surface area contributed by atoms with Crippen molar-refractivity contribution in [2.45, 2.75) is 52.9 Å². The van der Waals surface area contributed by atoms with E-state index in [1.54, 1.807) is 6.07 Å².